The van der Waals surface area contributed by atoms with E-state index in [1.807, 2.05) is 0 Å². The summed E-state index contributed by atoms with van der Waals surface area (Å²) >= 11 is 7.55. The number of hydrogen-bond acceptors (Lipinski definition) is 4. The van der Waals surface area contributed by atoms with E-state index in [2.05, 4.69) is 24.4 Å². The Morgan fingerprint density at radius 1 is 1.39 bits per heavy atom. The zero-order valence-electron chi connectivity index (χ0n) is 9.64. The molecule has 18 heavy (non-hydrogen) atoms. The van der Waals surface area contributed by atoms with Crippen LogP contribution in [-0.2, 0) is 6.54 Å². The lowest BCUT2D eigenvalue weighted by atomic mass is 10.3. The van der Waals surface area contributed by atoms with Crippen molar-refractivity contribution in [3.63, 3.8) is 0 Å². The van der Waals surface area contributed by atoms with Gasteiger partial charge < -0.3 is 5.32 Å². The van der Waals surface area contributed by atoms with Gasteiger partial charge >= 0.3 is 0 Å². The molecule has 0 aliphatic rings. The summed E-state index contributed by atoms with van der Waals surface area (Å²) in [5.41, 5.74) is 0.700. The van der Waals surface area contributed by atoms with E-state index in [1.165, 1.54) is 15.8 Å². The van der Waals surface area contributed by atoms with Crippen molar-refractivity contribution in [1.29, 1.82) is 0 Å². The molecule has 0 saturated heterocycles. The number of thiophene rings is 1. The molecule has 0 aliphatic carbocycles. The Balaban J connectivity index is 2.06. The van der Waals surface area contributed by atoms with Crippen LogP contribution in [0.25, 0.3) is 0 Å². The SMILES string of the molecule is Cc1ccc(CNc2ccc([N+](=O)[O-])c(Cl)c2)s1. The number of hydrogen-bond donors (Lipinski definition) is 1. The molecule has 0 unspecified atom stereocenters. The first-order valence-electron chi connectivity index (χ1n) is 5.29. The van der Waals surface area contributed by atoms with E-state index in [4.69, 9.17) is 11.6 Å². The maximum absolute atomic E-state index is 10.6. The summed E-state index contributed by atoms with van der Waals surface area (Å²) in [4.78, 5) is 12.6. The predicted molar refractivity (Wildman–Crippen MR) is 74.5 cm³/mol. The summed E-state index contributed by atoms with van der Waals surface area (Å²) in [5, 5.41) is 13.9. The number of anilines is 1. The third-order valence-electron chi connectivity index (χ3n) is 2.41. The molecule has 0 bridgehead atoms. The Kier molecular flexibility index (Phi) is 3.84. The van der Waals surface area contributed by atoms with Crippen LogP contribution >= 0.6 is 22.9 Å². The van der Waals surface area contributed by atoms with Gasteiger partial charge in [0.1, 0.15) is 5.02 Å². The highest BCUT2D eigenvalue weighted by molar-refractivity contribution is 7.11. The molecule has 2 rings (SSSR count). The lowest BCUT2D eigenvalue weighted by Gasteiger charge is -2.05. The van der Waals surface area contributed by atoms with Crippen molar-refractivity contribution in [2.45, 2.75) is 13.5 Å². The summed E-state index contributed by atoms with van der Waals surface area (Å²) in [6.07, 6.45) is 0. The predicted octanol–water partition coefficient (Wildman–Crippen LogP) is 4.23. The molecule has 94 valence electrons. The lowest BCUT2D eigenvalue weighted by molar-refractivity contribution is -0.384. The van der Waals surface area contributed by atoms with Crippen LogP contribution in [0.5, 0.6) is 0 Å². The van der Waals surface area contributed by atoms with Crippen molar-refractivity contribution in [3.8, 4) is 0 Å². The summed E-state index contributed by atoms with van der Waals surface area (Å²) in [5.74, 6) is 0. The van der Waals surface area contributed by atoms with Gasteiger partial charge in [0.25, 0.3) is 5.69 Å². The molecule has 0 aliphatic heterocycles. The number of rotatable bonds is 4. The number of nitrogens with zero attached hydrogens (tertiary/aromatic N) is 1. The first-order chi connectivity index (χ1) is 8.56. The van der Waals surface area contributed by atoms with Crippen molar-refractivity contribution in [2.24, 2.45) is 0 Å². The minimum absolute atomic E-state index is 0.0748. The van der Waals surface area contributed by atoms with Gasteiger partial charge in [0.15, 0.2) is 0 Å². The second-order valence-corrected chi connectivity index (χ2v) is 5.57. The largest absolute Gasteiger partial charge is 0.380 e. The zero-order valence-corrected chi connectivity index (χ0v) is 11.2. The van der Waals surface area contributed by atoms with E-state index < -0.39 is 4.92 Å². The molecule has 1 heterocycles. The van der Waals surface area contributed by atoms with Crippen molar-refractivity contribution in [1.82, 2.24) is 0 Å². The molecular weight excluding hydrogens is 272 g/mol. The van der Waals surface area contributed by atoms with Gasteiger partial charge in [0.2, 0.25) is 0 Å². The van der Waals surface area contributed by atoms with E-state index in [0.29, 0.717) is 6.54 Å². The van der Waals surface area contributed by atoms with E-state index in [-0.39, 0.29) is 10.7 Å². The van der Waals surface area contributed by atoms with Crippen molar-refractivity contribution in [3.05, 3.63) is 55.2 Å². The Hall–Kier alpha value is -1.59. The van der Waals surface area contributed by atoms with Gasteiger partial charge in [0.05, 0.1) is 4.92 Å². The average molecular weight is 283 g/mol. The number of benzene rings is 1. The van der Waals surface area contributed by atoms with Crippen LogP contribution in [0.4, 0.5) is 11.4 Å². The van der Waals surface area contributed by atoms with Crippen LogP contribution in [0, 0.1) is 17.0 Å². The Morgan fingerprint density at radius 2 is 2.17 bits per heavy atom. The quantitative estimate of drug-likeness (QED) is 0.674. The van der Waals surface area contributed by atoms with Crippen LogP contribution in [0.1, 0.15) is 9.75 Å². The van der Waals surface area contributed by atoms with Gasteiger partial charge in [0, 0.05) is 28.1 Å². The molecule has 0 radical (unpaired) electrons. The summed E-state index contributed by atoms with van der Waals surface area (Å²) in [6.45, 7) is 2.74. The molecule has 2 aromatic rings. The molecule has 0 spiro atoms. The van der Waals surface area contributed by atoms with E-state index in [1.54, 1.807) is 23.5 Å². The number of halogens is 1. The van der Waals surface area contributed by atoms with E-state index in [9.17, 15) is 10.1 Å². The fourth-order valence-corrected chi connectivity index (χ4v) is 2.61. The molecule has 0 amide bonds. The maximum Gasteiger partial charge on any atom is 0.288 e. The molecule has 0 fully saturated rings. The lowest BCUT2D eigenvalue weighted by Crippen LogP contribution is -1.98. The number of nitro benzene ring substituents is 1. The van der Waals surface area contributed by atoms with E-state index >= 15 is 0 Å². The smallest absolute Gasteiger partial charge is 0.288 e. The van der Waals surface area contributed by atoms with Crippen LogP contribution in [-0.4, -0.2) is 4.92 Å². The highest BCUT2D eigenvalue weighted by Crippen LogP contribution is 2.27. The van der Waals surface area contributed by atoms with Gasteiger partial charge in [-0.05, 0) is 31.2 Å². The fraction of sp³-hybridized carbons (Fsp3) is 0.167. The summed E-state index contributed by atoms with van der Waals surface area (Å²) in [7, 11) is 0. The topological polar surface area (TPSA) is 55.2 Å². The van der Waals surface area contributed by atoms with Crippen LogP contribution < -0.4 is 5.32 Å². The summed E-state index contributed by atoms with van der Waals surface area (Å²) in [6, 6.07) is 8.75. The standard InChI is InChI=1S/C12H11ClN2O2S/c1-8-2-4-10(18-8)7-14-9-3-5-12(15(16)17)11(13)6-9/h2-6,14H,7H2,1H3. The fourth-order valence-electron chi connectivity index (χ4n) is 1.53. The molecule has 0 saturated carbocycles. The van der Waals surface area contributed by atoms with Gasteiger partial charge in [-0.1, -0.05) is 11.6 Å². The van der Waals surface area contributed by atoms with Crippen LogP contribution in [0.15, 0.2) is 30.3 Å². The average Bonchev–Trinajstić information content (AvgIpc) is 2.72. The second kappa shape index (κ2) is 5.37. The molecule has 6 heteroatoms. The normalized spacial score (nSPS) is 10.3. The monoisotopic (exact) mass is 282 g/mol. The molecule has 1 aromatic carbocycles. The first kappa shape index (κ1) is 12.9. The number of nitro groups is 1. The Bertz CT molecular complexity index is 583. The molecule has 1 aromatic heterocycles. The Labute approximate surface area is 113 Å². The molecule has 1 N–H and O–H groups in total. The van der Waals surface area contributed by atoms with Crippen molar-refractivity contribution >= 4 is 34.3 Å². The summed E-state index contributed by atoms with van der Waals surface area (Å²) < 4.78 is 0. The third-order valence-corrected chi connectivity index (χ3v) is 3.71. The first-order valence-corrected chi connectivity index (χ1v) is 6.49. The van der Waals surface area contributed by atoms with Gasteiger partial charge in [-0.25, -0.2) is 0 Å². The van der Waals surface area contributed by atoms with Gasteiger partial charge in [-0.2, -0.15) is 0 Å². The van der Waals surface area contributed by atoms with Gasteiger partial charge in [-0.3, -0.25) is 10.1 Å². The second-order valence-electron chi connectivity index (χ2n) is 3.79. The minimum atomic E-state index is -0.491. The Morgan fingerprint density at radius 3 is 2.72 bits per heavy atom. The maximum atomic E-state index is 10.6. The third kappa shape index (κ3) is 3.00. The number of nitrogens with one attached hydrogen (secondary N) is 1. The molecular formula is C12H11ClN2O2S. The van der Waals surface area contributed by atoms with Crippen LogP contribution in [0.3, 0.4) is 0 Å². The van der Waals surface area contributed by atoms with Gasteiger partial charge in [-0.15, -0.1) is 11.3 Å². The zero-order chi connectivity index (χ0) is 13.1. The molecule has 4 nitrogen and oxygen atoms in total. The highest BCUT2D eigenvalue weighted by atomic mass is 35.5. The highest BCUT2D eigenvalue weighted by Gasteiger charge is 2.11. The van der Waals surface area contributed by atoms with E-state index in [0.717, 1.165) is 5.69 Å². The van der Waals surface area contributed by atoms with Crippen molar-refractivity contribution < 1.29 is 4.92 Å². The minimum Gasteiger partial charge on any atom is -0.380 e. The van der Waals surface area contributed by atoms with Crippen molar-refractivity contribution in [2.75, 3.05) is 5.32 Å². The van der Waals surface area contributed by atoms with Crippen LogP contribution in [0.2, 0.25) is 5.02 Å². The number of aryl methyl sites for hydroxylation is 1. The molecule has 0 atom stereocenters.